The first-order chi connectivity index (χ1) is 8.19. The molecule has 0 bridgehead atoms. The van der Waals surface area contributed by atoms with Crippen molar-refractivity contribution in [1.82, 2.24) is 0 Å². The van der Waals surface area contributed by atoms with Gasteiger partial charge < -0.3 is 9.53 Å². The molecule has 0 heterocycles. The SMILES string of the molecule is CC(C)(C)[Si](C)(C)OC[C@H](O)[C@@H]1CCC[C@H]1C#N. The molecular weight excluding hydrogens is 242 g/mol. The van der Waals surface area contributed by atoms with E-state index >= 15 is 0 Å². The van der Waals surface area contributed by atoms with Gasteiger partial charge in [0.15, 0.2) is 8.32 Å². The van der Waals surface area contributed by atoms with Crippen molar-refractivity contribution >= 4 is 8.32 Å². The number of rotatable bonds is 4. The van der Waals surface area contributed by atoms with E-state index in [-0.39, 0.29) is 16.9 Å². The molecule has 3 nitrogen and oxygen atoms in total. The Morgan fingerprint density at radius 1 is 1.39 bits per heavy atom. The summed E-state index contributed by atoms with van der Waals surface area (Å²) in [6, 6.07) is 2.32. The number of nitriles is 1. The minimum absolute atomic E-state index is 0.0167. The lowest BCUT2D eigenvalue weighted by Gasteiger charge is -2.37. The van der Waals surface area contributed by atoms with Gasteiger partial charge in [-0.15, -0.1) is 0 Å². The van der Waals surface area contributed by atoms with Crippen molar-refractivity contribution in [2.45, 2.75) is 64.3 Å². The molecule has 0 aromatic heterocycles. The highest BCUT2D eigenvalue weighted by molar-refractivity contribution is 6.74. The summed E-state index contributed by atoms with van der Waals surface area (Å²) in [5, 5.41) is 19.4. The second kappa shape index (κ2) is 5.73. The van der Waals surface area contributed by atoms with Crippen molar-refractivity contribution in [3.8, 4) is 6.07 Å². The first-order valence-corrected chi connectivity index (χ1v) is 9.81. The largest absolute Gasteiger partial charge is 0.414 e. The molecule has 18 heavy (non-hydrogen) atoms. The summed E-state index contributed by atoms with van der Waals surface area (Å²) in [7, 11) is -1.79. The quantitative estimate of drug-likeness (QED) is 0.797. The smallest absolute Gasteiger partial charge is 0.192 e. The van der Waals surface area contributed by atoms with Gasteiger partial charge in [-0.2, -0.15) is 5.26 Å². The Bertz CT molecular complexity index is 317. The molecule has 0 aliphatic heterocycles. The van der Waals surface area contributed by atoms with Crippen molar-refractivity contribution in [2.75, 3.05) is 6.61 Å². The third-order valence-electron chi connectivity index (χ3n) is 4.65. The van der Waals surface area contributed by atoms with Crippen LogP contribution in [0.15, 0.2) is 0 Å². The van der Waals surface area contributed by atoms with Crippen molar-refractivity contribution < 1.29 is 9.53 Å². The molecule has 104 valence electrons. The Hall–Kier alpha value is -0.373. The van der Waals surface area contributed by atoms with Gasteiger partial charge in [0.2, 0.25) is 0 Å². The van der Waals surface area contributed by atoms with E-state index in [1.807, 2.05) is 0 Å². The molecular formula is C14H27NO2Si. The van der Waals surface area contributed by atoms with E-state index in [1.165, 1.54) is 0 Å². The van der Waals surface area contributed by atoms with Crippen LogP contribution in [0.3, 0.4) is 0 Å². The molecule has 0 saturated heterocycles. The summed E-state index contributed by atoms with van der Waals surface area (Å²) in [4.78, 5) is 0. The minimum Gasteiger partial charge on any atom is -0.414 e. The summed E-state index contributed by atoms with van der Waals surface area (Å²) in [6.07, 6.45) is 2.46. The van der Waals surface area contributed by atoms with Crippen LogP contribution < -0.4 is 0 Å². The average Bonchev–Trinajstić information content (AvgIpc) is 2.72. The van der Waals surface area contributed by atoms with Gasteiger partial charge >= 0.3 is 0 Å². The predicted molar refractivity (Wildman–Crippen MR) is 75.6 cm³/mol. The van der Waals surface area contributed by atoms with Crippen molar-refractivity contribution in [3.05, 3.63) is 0 Å². The minimum atomic E-state index is -1.79. The number of nitrogens with zero attached hydrogens (tertiary/aromatic N) is 1. The van der Waals surface area contributed by atoms with Gasteiger partial charge in [0.1, 0.15) is 0 Å². The Morgan fingerprint density at radius 2 is 2.00 bits per heavy atom. The third-order valence-corrected chi connectivity index (χ3v) is 9.15. The molecule has 1 aliphatic carbocycles. The lowest BCUT2D eigenvalue weighted by Crippen LogP contribution is -2.43. The van der Waals surface area contributed by atoms with E-state index in [4.69, 9.17) is 9.69 Å². The topological polar surface area (TPSA) is 53.2 Å². The maximum Gasteiger partial charge on any atom is 0.192 e. The summed E-state index contributed by atoms with van der Waals surface area (Å²) in [6.45, 7) is 11.4. The van der Waals surface area contributed by atoms with Gasteiger partial charge in [0, 0.05) is 5.92 Å². The number of aliphatic hydroxyl groups is 1. The maximum atomic E-state index is 10.2. The summed E-state index contributed by atoms with van der Waals surface area (Å²) < 4.78 is 6.04. The second-order valence-electron chi connectivity index (χ2n) is 6.97. The summed E-state index contributed by atoms with van der Waals surface area (Å²) in [5.74, 6) is 0.128. The molecule has 1 rings (SSSR count). The van der Waals surface area contributed by atoms with Gasteiger partial charge in [-0.25, -0.2) is 0 Å². The zero-order chi connectivity index (χ0) is 14.0. The van der Waals surface area contributed by atoms with Crippen LogP contribution >= 0.6 is 0 Å². The molecule has 1 fully saturated rings. The van der Waals surface area contributed by atoms with Crippen LogP contribution in [0.4, 0.5) is 0 Å². The van der Waals surface area contributed by atoms with Crippen molar-refractivity contribution in [2.24, 2.45) is 11.8 Å². The fraction of sp³-hybridized carbons (Fsp3) is 0.929. The molecule has 4 heteroatoms. The molecule has 0 radical (unpaired) electrons. The lowest BCUT2D eigenvalue weighted by atomic mass is 9.92. The Kier molecular flexibility index (Phi) is 4.99. The number of aliphatic hydroxyl groups excluding tert-OH is 1. The van der Waals surface area contributed by atoms with Gasteiger partial charge in [-0.05, 0) is 31.0 Å². The molecule has 1 aliphatic rings. The molecule has 1 N–H and O–H groups in total. The van der Waals surface area contributed by atoms with Crippen LogP contribution in [-0.2, 0) is 4.43 Å². The van der Waals surface area contributed by atoms with Crippen LogP contribution in [-0.4, -0.2) is 26.1 Å². The van der Waals surface area contributed by atoms with Gasteiger partial charge in [-0.3, -0.25) is 0 Å². The zero-order valence-electron chi connectivity index (χ0n) is 12.4. The van der Waals surface area contributed by atoms with E-state index in [2.05, 4.69) is 39.9 Å². The first kappa shape index (κ1) is 15.7. The highest BCUT2D eigenvalue weighted by atomic mass is 28.4. The van der Waals surface area contributed by atoms with Crippen LogP contribution in [0.2, 0.25) is 18.1 Å². The van der Waals surface area contributed by atoms with Crippen LogP contribution in [0, 0.1) is 23.2 Å². The Labute approximate surface area is 112 Å². The molecule has 0 amide bonds. The van der Waals surface area contributed by atoms with Crippen LogP contribution in [0.1, 0.15) is 40.0 Å². The van der Waals surface area contributed by atoms with Gasteiger partial charge in [0.05, 0.1) is 24.7 Å². The second-order valence-corrected chi connectivity index (χ2v) is 11.8. The summed E-state index contributed by atoms with van der Waals surface area (Å²) in [5.41, 5.74) is 0. The van der Waals surface area contributed by atoms with E-state index in [1.54, 1.807) is 0 Å². The molecule has 0 spiro atoms. The van der Waals surface area contributed by atoms with Crippen LogP contribution in [0.5, 0.6) is 0 Å². The fourth-order valence-electron chi connectivity index (χ4n) is 2.24. The highest BCUT2D eigenvalue weighted by Gasteiger charge is 2.39. The standard InChI is InChI=1S/C14H27NO2Si/c1-14(2,3)18(4,5)17-10-13(16)12-8-6-7-11(12)9-15/h11-13,16H,6-8,10H2,1-5H3/t11-,12+,13-/m0/s1. The first-order valence-electron chi connectivity index (χ1n) is 6.90. The van der Waals surface area contributed by atoms with E-state index < -0.39 is 14.4 Å². The molecule has 0 aromatic carbocycles. The fourth-order valence-corrected chi connectivity index (χ4v) is 3.26. The van der Waals surface area contributed by atoms with Crippen molar-refractivity contribution in [3.63, 3.8) is 0 Å². The lowest BCUT2D eigenvalue weighted by molar-refractivity contribution is 0.0444. The molecule has 1 saturated carbocycles. The Morgan fingerprint density at radius 3 is 2.50 bits per heavy atom. The molecule has 3 atom stereocenters. The van der Waals surface area contributed by atoms with Gasteiger partial charge in [0.25, 0.3) is 0 Å². The monoisotopic (exact) mass is 269 g/mol. The molecule has 0 aromatic rings. The van der Waals surface area contributed by atoms with Gasteiger partial charge in [-0.1, -0.05) is 27.2 Å². The normalized spacial score (nSPS) is 26.9. The third kappa shape index (κ3) is 3.56. The average molecular weight is 269 g/mol. The Balaban J connectivity index is 2.51. The van der Waals surface area contributed by atoms with Crippen molar-refractivity contribution in [1.29, 1.82) is 5.26 Å². The number of hydrogen-bond acceptors (Lipinski definition) is 3. The predicted octanol–water partition coefficient (Wildman–Crippen LogP) is 3.31. The van der Waals surface area contributed by atoms with E-state index in [0.717, 1.165) is 19.3 Å². The summed E-state index contributed by atoms with van der Waals surface area (Å²) >= 11 is 0. The molecule has 0 unspecified atom stereocenters. The van der Waals surface area contributed by atoms with Crippen LogP contribution in [0.25, 0.3) is 0 Å². The van der Waals surface area contributed by atoms with E-state index in [9.17, 15) is 5.11 Å². The van der Waals surface area contributed by atoms with E-state index in [0.29, 0.717) is 6.61 Å². The zero-order valence-corrected chi connectivity index (χ0v) is 13.4. The highest BCUT2D eigenvalue weighted by Crippen LogP contribution is 2.38. The maximum absolute atomic E-state index is 10.2. The number of hydrogen-bond donors (Lipinski definition) is 1.